The van der Waals surface area contributed by atoms with Gasteiger partial charge in [0.25, 0.3) is 0 Å². The van der Waals surface area contributed by atoms with Crippen molar-refractivity contribution < 1.29 is 62.5 Å². The van der Waals surface area contributed by atoms with E-state index in [1.54, 1.807) is 47.9 Å². The summed E-state index contributed by atoms with van der Waals surface area (Å²) in [7, 11) is 6.86. The smallest absolute Gasteiger partial charge is 0.425 e. The van der Waals surface area contributed by atoms with Crippen molar-refractivity contribution in [1.29, 1.82) is 0 Å². The van der Waals surface area contributed by atoms with Crippen LogP contribution in [0, 0.1) is 23.7 Å². The van der Waals surface area contributed by atoms with Crippen molar-refractivity contribution in [3.8, 4) is 0 Å². The summed E-state index contributed by atoms with van der Waals surface area (Å²) in [5.41, 5.74) is 1.55. The van der Waals surface area contributed by atoms with Gasteiger partial charge in [-0.15, -0.1) is 0 Å². The van der Waals surface area contributed by atoms with Gasteiger partial charge in [-0.25, -0.2) is 15.2 Å². The van der Waals surface area contributed by atoms with Crippen LogP contribution in [0.4, 0.5) is 4.79 Å². The topological polar surface area (TPSA) is 197 Å². The van der Waals surface area contributed by atoms with Gasteiger partial charge in [-0.3, -0.25) is 14.6 Å². The fraction of sp³-hybridized carbons (Fsp3) is 0.765. The van der Waals surface area contributed by atoms with Crippen molar-refractivity contribution in [2.45, 2.75) is 192 Å². The van der Waals surface area contributed by atoms with E-state index in [1.807, 2.05) is 83.9 Å². The maximum absolute atomic E-state index is 15.1. The number of hydrogen-bond acceptors (Lipinski definition) is 16. The lowest BCUT2D eigenvalue weighted by molar-refractivity contribution is -0.319. The molecular weight excluding hydrogens is 877 g/mol. The molecule has 4 aliphatic heterocycles. The number of nitrogens with one attached hydrogen (secondary N) is 1. The van der Waals surface area contributed by atoms with Crippen molar-refractivity contribution in [3.63, 3.8) is 0 Å². The maximum atomic E-state index is 15.1. The number of aryl methyl sites for hydroxylation is 1. The van der Waals surface area contributed by atoms with Gasteiger partial charge in [0.1, 0.15) is 30.1 Å². The predicted octanol–water partition coefficient (Wildman–Crippen LogP) is 5.59. The Morgan fingerprint density at radius 2 is 1.60 bits per heavy atom. The van der Waals surface area contributed by atoms with E-state index in [2.05, 4.69) is 10.4 Å². The highest BCUT2D eigenvalue weighted by atomic mass is 16.7. The molecule has 0 spiro atoms. The first kappa shape index (κ1) is 54.0. The first-order valence-corrected chi connectivity index (χ1v) is 24.6. The molecule has 0 aliphatic carbocycles. The number of carbonyl (C=O) groups is 3. The first-order chi connectivity index (χ1) is 32.0. The third-order valence-corrected chi connectivity index (χ3v) is 15.7. The third kappa shape index (κ3) is 10.9. The van der Waals surface area contributed by atoms with Crippen molar-refractivity contribution in [2.75, 3.05) is 34.9 Å². The van der Waals surface area contributed by atoms with Crippen molar-refractivity contribution >= 4 is 28.7 Å². The summed E-state index contributed by atoms with van der Waals surface area (Å²) in [5, 5.41) is 25.4. The fourth-order valence-corrected chi connectivity index (χ4v) is 11.5. The molecule has 4 fully saturated rings. The summed E-state index contributed by atoms with van der Waals surface area (Å²) in [6.07, 6.45) is -4.54. The van der Waals surface area contributed by atoms with Crippen LogP contribution < -0.4 is 5.43 Å². The lowest BCUT2D eigenvalue weighted by Crippen LogP contribution is -2.62. The first-order valence-electron chi connectivity index (χ1n) is 24.6. The average molecular weight is 957 g/mol. The van der Waals surface area contributed by atoms with Crippen LogP contribution in [0.2, 0.25) is 0 Å². The van der Waals surface area contributed by atoms with Gasteiger partial charge >= 0.3 is 12.1 Å². The molecule has 1 aromatic carbocycles. The number of Topliss-reactive ketones (excluding diaryl/α,β-unsaturated/α-hetero) is 1. The van der Waals surface area contributed by atoms with Gasteiger partial charge in [-0.2, -0.15) is 0 Å². The van der Waals surface area contributed by atoms with Crippen LogP contribution in [0.1, 0.15) is 107 Å². The molecule has 3 N–H and O–H groups in total. The molecule has 68 heavy (non-hydrogen) atoms. The number of para-hydroxylation sites is 1. The maximum Gasteiger partial charge on any atom is 0.425 e. The number of likely N-dealkylation sites (N-methyl/N-ethyl adjacent to an activating group) is 1. The Balaban J connectivity index is 1.39. The van der Waals surface area contributed by atoms with Crippen LogP contribution in [-0.2, 0) is 53.9 Å². The predicted molar refractivity (Wildman–Crippen MR) is 253 cm³/mol. The lowest BCUT2D eigenvalue weighted by Gasteiger charge is -2.50. The minimum Gasteiger partial charge on any atom is -0.458 e. The number of fused-ring (bicyclic) bond motifs is 2. The second-order valence-electron chi connectivity index (χ2n) is 20.8. The van der Waals surface area contributed by atoms with Crippen molar-refractivity contribution in [1.82, 2.24) is 20.3 Å². The van der Waals surface area contributed by atoms with E-state index in [-0.39, 0.29) is 37.2 Å². The van der Waals surface area contributed by atoms with Crippen LogP contribution >= 0.6 is 0 Å². The number of cyclic esters (lactones) is 1. The molecule has 5 heterocycles. The zero-order valence-corrected chi connectivity index (χ0v) is 42.8. The van der Waals surface area contributed by atoms with Gasteiger partial charge in [0, 0.05) is 62.6 Å². The van der Waals surface area contributed by atoms with E-state index in [9.17, 15) is 19.8 Å². The number of amides is 1. The zero-order chi connectivity index (χ0) is 50.0. The Hall–Kier alpha value is -3.36. The number of aromatic nitrogens is 1. The van der Waals surface area contributed by atoms with Crippen molar-refractivity contribution in [2.24, 2.45) is 23.7 Å². The molecule has 0 radical (unpaired) electrons. The van der Waals surface area contributed by atoms with Gasteiger partial charge < -0.3 is 53.0 Å². The second-order valence-corrected chi connectivity index (χ2v) is 20.8. The van der Waals surface area contributed by atoms with Crippen LogP contribution in [0.15, 0.2) is 36.5 Å². The normalized spacial score (nSPS) is 41.0. The Labute approximate surface area is 403 Å². The zero-order valence-electron chi connectivity index (χ0n) is 42.8. The number of hydrazine groups is 1. The number of ether oxygens (including phenoxy) is 8. The molecule has 0 bridgehead atoms. The number of aliphatic hydroxyl groups is 2. The minimum atomic E-state index is -1.47. The Kier molecular flexibility index (Phi) is 17.4. The Morgan fingerprint density at radius 3 is 2.26 bits per heavy atom. The van der Waals surface area contributed by atoms with Gasteiger partial charge in [0.05, 0.1) is 47.1 Å². The molecular formula is C51H80N4O13. The summed E-state index contributed by atoms with van der Waals surface area (Å²) in [6.45, 7) is 18.5. The number of esters is 1. The second kappa shape index (κ2) is 22.0. The molecule has 1 amide bonds. The molecule has 2 aromatic rings. The Morgan fingerprint density at radius 1 is 0.912 bits per heavy atom. The van der Waals surface area contributed by atoms with E-state index in [1.165, 1.54) is 12.1 Å². The summed E-state index contributed by atoms with van der Waals surface area (Å²) in [4.78, 5) is 50.6. The van der Waals surface area contributed by atoms with E-state index in [0.29, 0.717) is 25.8 Å². The molecule has 0 unspecified atom stereocenters. The number of benzene rings is 1. The van der Waals surface area contributed by atoms with Crippen molar-refractivity contribution in [3.05, 3.63) is 42.1 Å². The number of methoxy groups -OCH3 is 2. The molecule has 17 heteroatoms. The number of carbonyl (C=O) groups excluding carboxylic acids is 3. The summed E-state index contributed by atoms with van der Waals surface area (Å²) < 4.78 is 51.6. The van der Waals surface area contributed by atoms with Gasteiger partial charge in [0.15, 0.2) is 18.2 Å². The molecule has 1 aromatic heterocycles. The van der Waals surface area contributed by atoms with E-state index in [0.717, 1.165) is 16.5 Å². The standard InChI is InChI=1S/C51H80N4O13/c1-15-38-51(10)43(55(48(60)68-51)53-23-18-19-34-22-24-52-36-21-17-16-20-35(34)36)30(4)40(56)28(2)26-50(9,62-14)45(67-47-41(57)37(54(11)12)25-29(3)63-47)31(5)42(32(6)46(59)65-38)66-39-27-49(8,61-13)44(58)33(7)64-39/h16-17,20-22,24,28-33,37-39,41-45,47,53,57-58H,15,18-19,23,25-27H2,1-14H3/t28-,29-,30+,31+,32-,33+,37+,38-,39+,41-,42+,43+,44+,45-,47+,49-,50-,51-/m1/s1. The van der Waals surface area contributed by atoms with Crippen LogP contribution in [0.25, 0.3) is 10.9 Å². The molecule has 6 rings (SSSR count). The summed E-state index contributed by atoms with van der Waals surface area (Å²) >= 11 is 0. The number of hydrogen-bond donors (Lipinski definition) is 3. The van der Waals surface area contributed by atoms with Gasteiger partial charge in [-0.1, -0.05) is 45.9 Å². The number of nitrogens with zero attached hydrogens (tertiary/aromatic N) is 3. The van der Waals surface area contributed by atoms with E-state index >= 15 is 4.79 Å². The lowest BCUT2D eigenvalue weighted by atomic mass is 9.73. The number of pyridine rings is 1. The van der Waals surface area contributed by atoms with Crippen LogP contribution in [-0.4, -0.2) is 162 Å². The average Bonchev–Trinajstić information content (AvgIpc) is 3.57. The molecule has 0 saturated carbocycles. The molecule has 382 valence electrons. The summed E-state index contributed by atoms with van der Waals surface area (Å²) in [6, 6.07) is 8.76. The highest BCUT2D eigenvalue weighted by molar-refractivity contribution is 5.85. The number of rotatable bonds is 13. The van der Waals surface area contributed by atoms with E-state index in [4.69, 9.17) is 37.9 Å². The van der Waals surface area contributed by atoms with Gasteiger partial charge in [-0.05, 0) is 105 Å². The fourth-order valence-electron chi connectivity index (χ4n) is 11.5. The number of ketones is 1. The molecule has 4 aliphatic rings. The monoisotopic (exact) mass is 957 g/mol. The van der Waals surface area contributed by atoms with Gasteiger partial charge in [0.2, 0.25) is 0 Å². The Bertz CT molecular complexity index is 2040. The minimum absolute atomic E-state index is 0.123. The summed E-state index contributed by atoms with van der Waals surface area (Å²) in [5.74, 6) is -4.03. The SMILES string of the molecule is CC[C@H]1OC(=O)[C@H](C)[C@@H](O[C@H]2C[C@@](C)(OC)[C@@H](O)[C@H](C)O2)[C@H](C)[C@@H](O[C@@H]2O[C@H](C)C[C@H](N(C)C)[C@H]2O)[C@](C)(OC)C[C@@H](C)C(=O)[C@H](C)[C@@H]2N(NCCCc3ccnc4ccccc34)C(=O)O[C@@]21C. The van der Waals surface area contributed by atoms with Crippen LogP contribution in [0.5, 0.6) is 0 Å². The quantitative estimate of drug-likeness (QED) is 0.166. The number of aliphatic hydroxyl groups excluding tert-OH is 2. The highest BCUT2D eigenvalue weighted by Crippen LogP contribution is 2.44. The van der Waals surface area contributed by atoms with Crippen LogP contribution in [0.3, 0.4) is 0 Å². The molecule has 17 nitrogen and oxygen atoms in total. The largest absolute Gasteiger partial charge is 0.458 e. The highest BCUT2D eigenvalue weighted by Gasteiger charge is 2.61. The molecule has 18 atom stereocenters. The third-order valence-electron chi connectivity index (χ3n) is 15.7. The van der Waals surface area contributed by atoms with E-state index < -0.39 is 108 Å². The molecule has 4 saturated heterocycles.